The first-order valence-corrected chi connectivity index (χ1v) is 15.5. The number of aryl methyl sites for hydroxylation is 1. The summed E-state index contributed by atoms with van der Waals surface area (Å²) in [4.78, 5) is 12.2. The first-order valence-electron chi connectivity index (χ1n) is 12.1. The molecule has 3 aromatic carbocycles. The summed E-state index contributed by atoms with van der Waals surface area (Å²) < 4.78 is 70.6. The summed E-state index contributed by atoms with van der Waals surface area (Å²) in [6.45, 7) is 4.92. The van der Waals surface area contributed by atoms with Crippen molar-refractivity contribution >= 4 is 37.1 Å². The van der Waals surface area contributed by atoms with Crippen LogP contribution in [0.1, 0.15) is 19.4 Å². The minimum absolute atomic E-state index is 0.0319. The summed E-state index contributed by atoms with van der Waals surface area (Å²) in [5, 5.41) is -0.854. The number of imidazole rings is 2. The van der Waals surface area contributed by atoms with Gasteiger partial charge in [0.2, 0.25) is 16.0 Å². The number of halogens is 1. The van der Waals surface area contributed by atoms with E-state index in [1.807, 2.05) is 31.2 Å². The molecule has 0 atom stereocenters. The van der Waals surface area contributed by atoms with E-state index in [2.05, 4.69) is 9.97 Å². The van der Waals surface area contributed by atoms with Gasteiger partial charge in [-0.2, -0.15) is 8.42 Å². The molecule has 208 valence electrons. The molecule has 13 heteroatoms. The van der Waals surface area contributed by atoms with Crippen LogP contribution in [0.15, 0.2) is 60.7 Å². The Balaban J connectivity index is 1.86. The minimum Gasteiger partial charge on any atom is -0.380 e. The molecule has 0 aliphatic carbocycles. The highest BCUT2D eigenvalue weighted by atomic mass is 32.2. The van der Waals surface area contributed by atoms with Gasteiger partial charge in [0.05, 0.1) is 28.4 Å². The van der Waals surface area contributed by atoms with Gasteiger partial charge in [0, 0.05) is 16.7 Å². The van der Waals surface area contributed by atoms with Crippen LogP contribution in [0.5, 0.6) is 5.75 Å². The fourth-order valence-corrected chi connectivity index (χ4v) is 5.95. The molecule has 0 spiro atoms. The molecule has 0 aliphatic heterocycles. The normalized spacial score (nSPS) is 12.3. The van der Waals surface area contributed by atoms with Gasteiger partial charge in [-0.05, 0) is 62.7 Å². The Morgan fingerprint density at radius 2 is 1.65 bits per heavy atom. The number of nitrogens with two attached hydrogens (primary N) is 1. The van der Waals surface area contributed by atoms with E-state index in [1.54, 1.807) is 12.1 Å². The first kappa shape index (κ1) is 27.3. The number of fused-ring (bicyclic) bond motifs is 1. The quantitative estimate of drug-likeness (QED) is 0.262. The van der Waals surface area contributed by atoms with E-state index in [-0.39, 0.29) is 22.7 Å². The molecule has 3 N–H and O–H groups in total. The fourth-order valence-electron chi connectivity index (χ4n) is 4.36. The maximum Gasteiger partial charge on any atom is 0.306 e. The van der Waals surface area contributed by atoms with E-state index in [0.29, 0.717) is 28.3 Å². The molecular weight excluding hydrogens is 557 g/mol. The van der Waals surface area contributed by atoms with Crippen LogP contribution < -0.4 is 9.92 Å². The number of anilines is 1. The van der Waals surface area contributed by atoms with Gasteiger partial charge in [-0.3, -0.25) is 0 Å². The largest absolute Gasteiger partial charge is 0.380 e. The molecule has 0 radical (unpaired) electrons. The summed E-state index contributed by atoms with van der Waals surface area (Å²) in [6.07, 6.45) is 0.872. The number of nitrogens with zero attached hydrogens (tertiary/aromatic N) is 3. The van der Waals surface area contributed by atoms with Crippen molar-refractivity contribution < 1.29 is 25.4 Å². The Labute approximate surface area is 230 Å². The van der Waals surface area contributed by atoms with Crippen molar-refractivity contribution in [3.63, 3.8) is 0 Å². The predicted octanol–water partition coefficient (Wildman–Crippen LogP) is 4.71. The number of H-pyrrole nitrogens is 1. The first-order chi connectivity index (χ1) is 18.8. The maximum absolute atomic E-state index is 13.6. The smallest absolute Gasteiger partial charge is 0.306 e. The molecule has 5 aromatic rings. The number of rotatable bonds is 7. The van der Waals surface area contributed by atoms with Crippen LogP contribution in [0.4, 0.5) is 10.3 Å². The summed E-state index contributed by atoms with van der Waals surface area (Å²) in [5.41, 5.74) is 9.66. The molecule has 5 rings (SSSR count). The van der Waals surface area contributed by atoms with Crippen LogP contribution in [-0.4, -0.2) is 47.3 Å². The Kier molecular flexibility index (Phi) is 6.66. The van der Waals surface area contributed by atoms with Gasteiger partial charge in [-0.1, -0.05) is 24.3 Å². The van der Waals surface area contributed by atoms with E-state index < -0.39 is 31.2 Å². The molecule has 0 fully saturated rings. The highest BCUT2D eigenvalue weighted by Gasteiger charge is 2.28. The Morgan fingerprint density at radius 1 is 0.975 bits per heavy atom. The van der Waals surface area contributed by atoms with E-state index in [0.717, 1.165) is 21.4 Å². The number of aromatic amines is 1. The lowest BCUT2D eigenvalue weighted by molar-refractivity contribution is 0.495. The predicted molar refractivity (Wildman–Crippen MR) is 152 cm³/mol. The van der Waals surface area contributed by atoms with Crippen molar-refractivity contribution in [2.75, 3.05) is 12.0 Å². The Morgan fingerprint density at radius 3 is 2.27 bits per heavy atom. The summed E-state index contributed by atoms with van der Waals surface area (Å²) in [6, 6.07) is 16.3. The van der Waals surface area contributed by atoms with Crippen molar-refractivity contribution in [1.82, 2.24) is 18.9 Å². The lowest BCUT2D eigenvalue weighted by atomic mass is 10.0. The summed E-state index contributed by atoms with van der Waals surface area (Å²) in [7, 11) is -8.04. The SMILES string of the molecule is Cc1ccccc1-c1[nH]c(-c2ccc(F)cc2)nc1-c1cc(OS(C)(=O)=O)c2nc(N)n(S(=O)(=O)C(C)C)c2c1. The number of hydrogen-bond acceptors (Lipinski definition) is 8. The molecule has 0 saturated carbocycles. The van der Waals surface area contributed by atoms with Crippen molar-refractivity contribution in [1.29, 1.82) is 0 Å². The van der Waals surface area contributed by atoms with Crippen LogP contribution in [0.2, 0.25) is 0 Å². The molecule has 10 nitrogen and oxygen atoms in total. The Hall–Kier alpha value is -4.23. The summed E-state index contributed by atoms with van der Waals surface area (Å²) in [5.74, 6) is -0.532. The van der Waals surface area contributed by atoms with Crippen LogP contribution in [0, 0.1) is 12.7 Å². The average Bonchev–Trinajstić information content (AvgIpc) is 3.45. The van der Waals surface area contributed by atoms with E-state index in [1.165, 1.54) is 38.1 Å². The zero-order chi connectivity index (χ0) is 29.0. The number of aromatic nitrogens is 4. The number of hydrogen-bond donors (Lipinski definition) is 2. The Bertz CT molecular complexity index is 1980. The van der Waals surface area contributed by atoms with Gasteiger partial charge in [0.25, 0.3) is 0 Å². The van der Waals surface area contributed by atoms with E-state index in [4.69, 9.17) is 14.9 Å². The molecule has 0 unspecified atom stereocenters. The van der Waals surface area contributed by atoms with Crippen molar-refractivity contribution in [3.8, 4) is 39.7 Å². The topological polar surface area (TPSA) is 150 Å². The van der Waals surface area contributed by atoms with Gasteiger partial charge in [-0.15, -0.1) is 0 Å². The summed E-state index contributed by atoms with van der Waals surface area (Å²) >= 11 is 0. The number of nitrogen functional groups attached to an aromatic ring is 1. The van der Waals surface area contributed by atoms with Crippen molar-refractivity contribution in [2.24, 2.45) is 0 Å². The van der Waals surface area contributed by atoms with Crippen molar-refractivity contribution in [3.05, 3.63) is 72.0 Å². The van der Waals surface area contributed by atoms with Crippen molar-refractivity contribution in [2.45, 2.75) is 26.0 Å². The number of nitrogens with one attached hydrogen (secondary N) is 1. The zero-order valence-corrected chi connectivity index (χ0v) is 23.6. The highest BCUT2D eigenvalue weighted by molar-refractivity contribution is 7.90. The van der Waals surface area contributed by atoms with Gasteiger partial charge in [0.1, 0.15) is 17.2 Å². The standard InChI is InChI=1S/C27H26FN5O5S2/c1-15(2)40(36,37)33-21-13-18(14-22(38-39(4,34)35)25(21)32-27(33)29)23-24(20-8-6-5-7-16(20)3)31-26(30-23)17-9-11-19(28)12-10-17/h5-15H,1-4H3,(H2,29,32)(H,30,31). The zero-order valence-electron chi connectivity index (χ0n) is 22.0. The molecule has 2 heterocycles. The van der Waals surface area contributed by atoms with Gasteiger partial charge >= 0.3 is 10.1 Å². The highest BCUT2D eigenvalue weighted by Crippen LogP contribution is 2.40. The molecule has 0 saturated heterocycles. The second-order valence-electron chi connectivity index (χ2n) is 9.59. The molecule has 0 aliphatic rings. The number of benzene rings is 3. The third kappa shape index (κ3) is 4.93. The van der Waals surface area contributed by atoms with Crippen LogP contribution in [0.25, 0.3) is 44.9 Å². The van der Waals surface area contributed by atoms with Crippen LogP contribution in [0.3, 0.4) is 0 Å². The lowest BCUT2D eigenvalue weighted by Gasteiger charge is -2.13. The molecule has 0 bridgehead atoms. The second-order valence-corrected chi connectivity index (χ2v) is 13.5. The molecular formula is C27H26FN5O5S2. The van der Waals surface area contributed by atoms with Crippen LogP contribution in [-0.2, 0) is 20.1 Å². The third-order valence-electron chi connectivity index (χ3n) is 6.31. The van der Waals surface area contributed by atoms with E-state index in [9.17, 15) is 21.2 Å². The van der Waals surface area contributed by atoms with Crippen LogP contribution >= 0.6 is 0 Å². The molecule has 2 aromatic heterocycles. The third-order valence-corrected chi connectivity index (χ3v) is 8.88. The van der Waals surface area contributed by atoms with Gasteiger partial charge < -0.3 is 14.9 Å². The average molecular weight is 584 g/mol. The minimum atomic E-state index is -4.04. The van der Waals surface area contributed by atoms with Gasteiger partial charge in [0.15, 0.2) is 5.75 Å². The maximum atomic E-state index is 13.6. The molecule has 40 heavy (non-hydrogen) atoms. The molecule has 0 amide bonds. The monoisotopic (exact) mass is 583 g/mol. The lowest BCUT2D eigenvalue weighted by Crippen LogP contribution is -2.23. The van der Waals surface area contributed by atoms with E-state index >= 15 is 0 Å². The second kappa shape index (κ2) is 9.75. The van der Waals surface area contributed by atoms with Gasteiger partial charge in [-0.25, -0.2) is 26.7 Å². The fraction of sp³-hybridized carbons (Fsp3) is 0.185.